The van der Waals surface area contributed by atoms with Gasteiger partial charge in [-0.25, -0.2) is 0 Å². The van der Waals surface area contributed by atoms with E-state index in [4.69, 9.17) is 0 Å². The molecular formula is HFO2U. The van der Waals surface area contributed by atoms with Gasteiger partial charge in [0.25, 0.3) is 0 Å². The molecule has 0 aromatic heterocycles. The van der Waals surface area contributed by atoms with Crippen LogP contribution < -0.4 is 0 Å². The molecule has 0 amide bonds. The van der Waals surface area contributed by atoms with E-state index in [1.54, 1.807) is 0 Å². The summed E-state index contributed by atoms with van der Waals surface area (Å²) in [6.45, 7) is 0. The monoisotopic (exact) mass is 290 g/mol. The van der Waals surface area contributed by atoms with Crippen LogP contribution in [0.25, 0.3) is 0 Å². The first-order chi connectivity index (χ1) is 0. The molecule has 0 aromatic carbocycles. The van der Waals surface area contributed by atoms with E-state index in [1.807, 2.05) is 0 Å². The fourth-order valence-electron chi connectivity index (χ4n) is 0. The second-order valence-electron chi connectivity index (χ2n) is 0. The second-order valence-corrected chi connectivity index (χ2v) is 0. The van der Waals surface area contributed by atoms with Crippen molar-refractivity contribution in [1.82, 2.24) is 0 Å². The zero-order valence-electron chi connectivity index (χ0n) is 1.72. The molecule has 0 spiro atoms. The second kappa shape index (κ2) is 40.4. The molecular weight excluding hydrogens is 289 g/mol. The Bertz CT molecular complexity index is 6.00. The van der Waals surface area contributed by atoms with E-state index in [2.05, 4.69) is 0 Å². The van der Waals surface area contributed by atoms with Crippen LogP contribution in [0.1, 0.15) is 0 Å². The fourth-order valence-corrected chi connectivity index (χ4v) is 0. The molecule has 4 heavy (non-hydrogen) atoms. The molecule has 0 rings (SSSR count). The van der Waals surface area contributed by atoms with Gasteiger partial charge < -0.3 is 11.0 Å². The maximum atomic E-state index is 0. The minimum absolute atomic E-state index is 0. The van der Waals surface area contributed by atoms with Crippen molar-refractivity contribution in [3.05, 3.63) is 0 Å². The number of rotatable bonds is 0. The van der Waals surface area contributed by atoms with Crippen molar-refractivity contribution < 1.29 is 46.8 Å². The summed E-state index contributed by atoms with van der Waals surface area (Å²) in [6, 6.07) is 0. The van der Waals surface area contributed by atoms with Crippen LogP contribution in [-0.4, -0.2) is 0 Å². The number of halogens is 1. The van der Waals surface area contributed by atoms with Crippen LogP contribution in [0.3, 0.4) is 0 Å². The summed E-state index contributed by atoms with van der Waals surface area (Å²) in [5, 5.41) is 0. The van der Waals surface area contributed by atoms with E-state index in [9.17, 15) is 0 Å². The van der Waals surface area contributed by atoms with Crippen molar-refractivity contribution >= 4 is 0 Å². The number of hydrogen-bond donors (Lipinski definition) is 0. The van der Waals surface area contributed by atoms with Gasteiger partial charge in [0, 0.05) is 0 Å². The predicted octanol–water partition coefficient (Wildman–Crippen LogP) is -0.0851. The molecule has 0 atom stereocenters. The molecule has 0 aliphatic rings. The predicted molar refractivity (Wildman–Crippen MR) is 3.88 cm³/mol. The fraction of sp³-hybridized carbons (Fsp3) is 0. The summed E-state index contributed by atoms with van der Waals surface area (Å²) in [7, 11) is 0. The van der Waals surface area contributed by atoms with Crippen molar-refractivity contribution in [2.24, 2.45) is 0 Å². The van der Waals surface area contributed by atoms with Crippen LogP contribution in [0.2, 0.25) is 0 Å². The average Bonchev–Trinajstić information content (AvgIpc) is 0. The topological polar surface area (TPSA) is 57.0 Å². The quantitative estimate of drug-likeness (QED) is 0.599. The van der Waals surface area contributed by atoms with Gasteiger partial charge in [0.1, 0.15) is 0 Å². The molecule has 0 aromatic rings. The summed E-state index contributed by atoms with van der Waals surface area (Å²) >= 11 is 0. The molecule has 0 saturated heterocycles. The molecule has 24 valence electrons. The Morgan fingerprint density at radius 2 is 0.750 bits per heavy atom. The molecule has 0 heterocycles. The Labute approximate surface area is 46.9 Å². The molecule has 2 nitrogen and oxygen atoms in total. The Kier molecular flexibility index (Phi) is 926. The van der Waals surface area contributed by atoms with E-state index in [1.165, 1.54) is 0 Å². The first-order valence-electron chi connectivity index (χ1n) is 0. The molecule has 0 unspecified atom stereocenters. The Morgan fingerprint density at radius 1 is 0.750 bits per heavy atom. The average molecular weight is 290 g/mol. The summed E-state index contributed by atoms with van der Waals surface area (Å²) in [4.78, 5) is 0. The molecule has 4 heteroatoms. The largest absolute Gasteiger partial charge is 4.00 e. The normalized spacial score (nSPS) is 0. The van der Waals surface area contributed by atoms with Crippen LogP contribution >= 0.6 is 0 Å². The minimum atomic E-state index is 0. The van der Waals surface area contributed by atoms with Crippen molar-refractivity contribution in [1.29, 1.82) is 0 Å². The summed E-state index contributed by atoms with van der Waals surface area (Å²) in [6.07, 6.45) is 0. The van der Waals surface area contributed by atoms with E-state index in [0.717, 1.165) is 0 Å². The van der Waals surface area contributed by atoms with Crippen molar-refractivity contribution in [3.63, 3.8) is 0 Å². The van der Waals surface area contributed by atoms with E-state index in [0.29, 0.717) is 0 Å². The minimum Gasteiger partial charge on any atom is -2.00 e. The maximum absolute atomic E-state index is 0. The van der Waals surface area contributed by atoms with Crippen molar-refractivity contribution in [3.8, 4) is 0 Å². The maximum Gasteiger partial charge on any atom is 4.00 e. The number of hydrogen-bond acceptors (Lipinski definition) is 0. The van der Waals surface area contributed by atoms with Crippen molar-refractivity contribution in [2.45, 2.75) is 0 Å². The van der Waals surface area contributed by atoms with Gasteiger partial charge in [0.2, 0.25) is 0 Å². The first-order valence-corrected chi connectivity index (χ1v) is 0. The Hall–Kier alpha value is 0.902. The summed E-state index contributed by atoms with van der Waals surface area (Å²) in [5.74, 6) is 0. The smallest absolute Gasteiger partial charge is 2.00 e. The first kappa shape index (κ1) is 91.7. The van der Waals surface area contributed by atoms with E-state index < -0.39 is 0 Å². The zero-order chi connectivity index (χ0) is 0. The molecule has 0 aliphatic carbocycles. The molecule has 0 N–H and O–H groups in total. The van der Waals surface area contributed by atoms with Crippen LogP contribution in [0.15, 0.2) is 0 Å². The van der Waals surface area contributed by atoms with Gasteiger partial charge in [0.15, 0.2) is 0 Å². The van der Waals surface area contributed by atoms with Gasteiger partial charge in [-0.2, -0.15) is 0 Å². The summed E-state index contributed by atoms with van der Waals surface area (Å²) < 4.78 is 0. The van der Waals surface area contributed by atoms with Crippen LogP contribution in [-0.2, 0) is 11.0 Å². The standard InChI is InChI=1S/FH.2O.U/h1H;;;/q;2*-2;+4. The third-order valence-corrected chi connectivity index (χ3v) is 0. The third kappa shape index (κ3) is 12.9. The van der Waals surface area contributed by atoms with Gasteiger partial charge in [0.05, 0.1) is 0 Å². The van der Waals surface area contributed by atoms with Crippen molar-refractivity contribution in [2.75, 3.05) is 0 Å². The van der Waals surface area contributed by atoms with Crippen LogP contribution in [0, 0.1) is 31.1 Å². The van der Waals surface area contributed by atoms with Gasteiger partial charge >= 0.3 is 31.1 Å². The van der Waals surface area contributed by atoms with Gasteiger partial charge in [-0.3, -0.25) is 4.70 Å². The molecule has 0 bridgehead atoms. The molecule has 0 saturated carbocycles. The van der Waals surface area contributed by atoms with Gasteiger partial charge in [-0.15, -0.1) is 0 Å². The third-order valence-electron chi connectivity index (χ3n) is 0. The zero-order valence-corrected chi connectivity index (χ0v) is 5.89. The Morgan fingerprint density at radius 3 is 0.750 bits per heavy atom. The summed E-state index contributed by atoms with van der Waals surface area (Å²) in [5.41, 5.74) is 0. The van der Waals surface area contributed by atoms with Crippen LogP contribution in [0.4, 0.5) is 4.70 Å². The molecule has 0 aliphatic heterocycles. The van der Waals surface area contributed by atoms with Gasteiger partial charge in [-0.1, -0.05) is 0 Å². The molecule has 0 radical (unpaired) electrons. The SMILES string of the molecule is F.[O-2].[O-2].[U+4]. The molecule has 0 fully saturated rings. The van der Waals surface area contributed by atoms with Crippen LogP contribution in [0.5, 0.6) is 0 Å². The Balaban J connectivity index is 0. The van der Waals surface area contributed by atoms with E-state index in [-0.39, 0.29) is 46.8 Å². The van der Waals surface area contributed by atoms with Gasteiger partial charge in [-0.05, 0) is 0 Å². The van der Waals surface area contributed by atoms with E-state index >= 15 is 0 Å².